The van der Waals surface area contributed by atoms with Crippen LogP contribution in [0.25, 0.3) is 11.3 Å². The molecule has 4 nitrogen and oxygen atoms in total. The second-order valence-corrected chi connectivity index (χ2v) is 3.44. The van der Waals surface area contributed by atoms with Gasteiger partial charge in [0.15, 0.2) is 5.76 Å². The van der Waals surface area contributed by atoms with E-state index in [1.807, 2.05) is 7.05 Å². The zero-order valence-electron chi connectivity index (χ0n) is 9.40. The highest BCUT2D eigenvalue weighted by Gasteiger charge is 2.08. The van der Waals surface area contributed by atoms with E-state index in [1.54, 1.807) is 24.3 Å². The number of aromatic nitrogens is 1. The molecular weight excluding hydrogens is 216 g/mol. The Hall–Kier alpha value is -2.25. The number of rotatable bonds is 2. The van der Waals surface area contributed by atoms with Gasteiger partial charge < -0.3 is 14.9 Å². The fourth-order valence-corrected chi connectivity index (χ4v) is 1.40. The van der Waals surface area contributed by atoms with Crippen molar-refractivity contribution in [1.82, 2.24) is 10.5 Å². The predicted molar refractivity (Wildman–Crippen MR) is 64.4 cm³/mol. The summed E-state index contributed by atoms with van der Waals surface area (Å²) in [4.78, 5) is 0. The number of hydrogen-bond acceptors (Lipinski definition) is 4. The van der Waals surface area contributed by atoms with E-state index >= 15 is 0 Å². The van der Waals surface area contributed by atoms with Gasteiger partial charge in [0.25, 0.3) is 0 Å². The number of aromatic hydroxyl groups is 1. The van der Waals surface area contributed by atoms with Crippen LogP contribution < -0.4 is 5.32 Å². The topological polar surface area (TPSA) is 58.3 Å². The van der Waals surface area contributed by atoms with Crippen molar-refractivity contribution in [2.75, 3.05) is 13.6 Å². The fourth-order valence-electron chi connectivity index (χ4n) is 1.40. The first-order valence-corrected chi connectivity index (χ1v) is 5.19. The molecule has 2 aromatic rings. The monoisotopic (exact) mass is 228 g/mol. The second kappa shape index (κ2) is 5.19. The van der Waals surface area contributed by atoms with Crippen molar-refractivity contribution < 1.29 is 9.63 Å². The maximum atomic E-state index is 9.73. The maximum absolute atomic E-state index is 9.73. The summed E-state index contributed by atoms with van der Waals surface area (Å²) in [5.74, 6) is 6.62. The Morgan fingerprint density at radius 3 is 3.00 bits per heavy atom. The minimum absolute atomic E-state index is 0.154. The molecule has 0 bridgehead atoms. The SMILES string of the molecule is CNCC#Cc1ccc(O)c(-c2ccno2)c1. The number of hydrogen-bond donors (Lipinski definition) is 2. The minimum Gasteiger partial charge on any atom is -0.507 e. The molecule has 0 spiro atoms. The molecular formula is C13H12N2O2. The Labute approximate surface area is 99.3 Å². The highest BCUT2D eigenvalue weighted by molar-refractivity contribution is 5.67. The lowest BCUT2D eigenvalue weighted by Crippen LogP contribution is -2.04. The van der Waals surface area contributed by atoms with Crippen LogP contribution in [-0.4, -0.2) is 23.9 Å². The van der Waals surface area contributed by atoms with E-state index in [4.69, 9.17) is 4.52 Å². The molecule has 0 atom stereocenters. The van der Waals surface area contributed by atoms with E-state index in [0.29, 0.717) is 17.9 Å². The summed E-state index contributed by atoms with van der Waals surface area (Å²) >= 11 is 0. The van der Waals surface area contributed by atoms with Crippen molar-refractivity contribution in [3.8, 4) is 28.9 Å². The van der Waals surface area contributed by atoms with Crippen molar-refractivity contribution >= 4 is 0 Å². The van der Waals surface area contributed by atoms with Gasteiger partial charge in [-0.15, -0.1) is 0 Å². The van der Waals surface area contributed by atoms with Gasteiger partial charge >= 0.3 is 0 Å². The second-order valence-electron chi connectivity index (χ2n) is 3.44. The van der Waals surface area contributed by atoms with E-state index in [0.717, 1.165) is 5.56 Å². The average molecular weight is 228 g/mol. The van der Waals surface area contributed by atoms with Gasteiger partial charge in [0, 0.05) is 11.6 Å². The fraction of sp³-hybridized carbons (Fsp3) is 0.154. The lowest BCUT2D eigenvalue weighted by atomic mass is 10.1. The van der Waals surface area contributed by atoms with Crippen LogP contribution in [0.1, 0.15) is 5.56 Å². The maximum Gasteiger partial charge on any atom is 0.170 e. The summed E-state index contributed by atoms with van der Waals surface area (Å²) in [6.45, 7) is 0.624. The summed E-state index contributed by atoms with van der Waals surface area (Å²) in [7, 11) is 1.84. The van der Waals surface area contributed by atoms with Crippen LogP contribution in [0.5, 0.6) is 5.75 Å². The Morgan fingerprint density at radius 1 is 1.41 bits per heavy atom. The summed E-state index contributed by atoms with van der Waals surface area (Å²) in [5.41, 5.74) is 1.42. The van der Waals surface area contributed by atoms with Gasteiger partial charge in [-0.05, 0) is 25.2 Å². The molecule has 0 unspecified atom stereocenters. The van der Waals surface area contributed by atoms with Crippen LogP contribution in [0.2, 0.25) is 0 Å². The molecule has 1 aromatic heterocycles. The molecule has 1 heterocycles. The molecule has 4 heteroatoms. The highest BCUT2D eigenvalue weighted by atomic mass is 16.5. The van der Waals surface area contributed by atoms with Crippen molar-refractivity contribution in [3.63, 3.8) is 0 Å². The lowest BCUT2D eigenvalue weighted by molar-refractivity contribution is 0.426. The van der Waals surface area contributed by atoms with Gasteiger partial charge in [-0.2, -0.15) is 0 Å². The van der Waals surface area contributed by atoms with Crippen LogP contribution >= 0.6 is 0 Å². The molecule has 0 saturated heterocycles. The summed E-state index contributed by atoms with van der Waals surface area (Å²) in [6.07, 6.45) is 1.54. The van der Waals surface area contributed by atoms with Gasteiger partial charge in [0.2, 0.25) is 0 Å². The van der Waals surface area contributed by atoms with E-state index in [9.17, 15) is 5.11 Å². The molecule has 2 N–H and O–H groups in total. The normalized spacial score (nSPS) is 9.71. The van der Waals surface area contributed by atoms with E-state index in [2.05, 4.69) is 22.3 Å². The van der Waals surface area contributed by atoms with Crippen molar-refractivity contribution in [2.24, 2.45) is 0 Å². The molecule has 1 aromatic carbocycles. The molecule has 17 heavy (non-hydrogen) atoms. The van der Waals surface area contributed by atoms with Crippen LogP contribution in [0.4, 0.5) is 0 Å². The van der Waals surface area contributed by atoms with Crippen LogP contribution in [-0.2, 0) is 0 Å². The van der Waals surface area contributed by atoms with Gasteiger partial charge in [-0.3, -0.25) is 0 Å². The van der Waals surface area contributed by atoms with Crippen molar-refractivity contribution in [1.29, 1.82) is 0 Å². The Morgan fingerprint density at radius 2 is 2.29 bits per heavy atom. The number of benzene rings is 1. The average Bonchev–Trinajstić information content (AvgIpc) is 2.85. The summed E-state index contributed by atoms with van der Waals surface area (Å²) in [5, 5.41) is 16.3. The Bertz CT molecular complexity index is 551. The number of phenols is 1. The predicted octanol–water partition coefficient (Wildman–Crippen LogP) is 1.62. The molecule has 0 aliphatic heterocycles. The van der Waals surface area contributed by atoms with Crippen molar-refractivity contribution in [2.45, 2.75) is 0 Å². The standard InChI is InChI=1S/C13H12N2O2/c1-14-7-2-3-10-4-5-12(16)11(9-10)13-6-8-15-17-13/h4-6,8-9,14,16H,7H2,1H3. The first kappa shape index (κ1) is 11.2. The van der Waals surface area contributed by atoms with Gasteiger partial charge in [-0.25, -0.2) is 0 Å². The molecule has 0 amide bonds. The quantitative estimate of drug-likeness (QED) is 0.767. The number of nitrogens with zero attached hydrogens (tertiary/aromatic N) is 1. The molecule has 0 fully saturated rings. The van der Waals surface area contributed by atoms with Crippen LogP contribution in [0.3, 0.4) is 0 Å². The lowest BCUT2D eigenvalue weighted by Gasteiger charge is -2.00. The third-order valence-corrected chi connectivity index (χ3v) is 2.20. The van der Waals surface area contributed by atoms with Crippen molar-refractivity contribution in [3.05, 3.63) is 36.0 Å². The zero-order valence-corrected chi connectivity index (χ0v) is 9.40. The van der Waals surface area contributed by atoms with Crippen LogP contribution in [0, 0.1) is 11.8 Å². The van der Waals surface area contributed by atoms with E-state index in [-0.39, 0.29) is 5.75 Å². The Balaban J connectivity index is 2.34. The van der Waals surface area contributed by atoms with Gasteiger partial charge in [-0.1, -0.05) is 17.0 Å². The third-order valence-electron chi connectivity index (χ3n) is 2.20. The molecule has 2 rings (SSSR count). The number of phenolic OH excluding ortho intramolecular Hbond substituents is 1. The Kier molecular flexibility index (Phi) is 3.43. The molecule has 0 saturated carbocycles. The summed E-state index contributed by atoms with van der Waals surface area (Å²) < 4.78 is 5.01. The highest BCUT2D eigenvalue weighted by Crippen LogP contribution is 2.29. The minimum atomic E-state index is 0.154. The largest absolute Gasteiger partial charge is 0.507 e. The van der Waals surface area contributed by atoms with Gasteiger partial charge in [0.1, 0.15) is 5.75 Å². The van der Waals surface area contributed by atoms with Crippen LogP contribution in [0.15, 0.2) is 35.0 Å². The molecule has 0 aliphatic carbocycles. The third kappa shape index (κ3) is 2.65. The number of nitrogens with one attached hydrogen (secondary N) is 1. The van der Waals surface area contributed by atoms with Gasteiger partial charge in [0.05, 0.1) is 18.3 Å². The summed E-state index contributed by atoms with van der Waals surface area (Å²) in [6, 6.07) is 6.83. The first-order chi connectivity index (χ1) is 8.31. The molecule has 86 valence electrons. The zero-order chi connectivity index (χ0) is 12.1. The van der Waals surface area contributed by atoms with E-state index in [1.165, 1.54) is 6.20 Å². The molecule has 0 radical (unpaired) electrons. The van der Waals surface area contributed by atoms with E-state index < -0.39 is 0 Å². The smallest absolute Gasteiger partial charge is 0.170 e. The molecule has 0 aliphatic rings. The first-order valence-electron chi connectivity index (χ1n) is 5.19.